The molecule has 2 nitrogen and oxygen atoms in total. The van der Waals surface area contributed by atoms with E-state index in [0.29, 0.717) is 6.54 Å². The Morgan fingerprint density at radius 2 is 1.85 bits per heavy atom. The SMILES string of the molecule is COc1c(Br)cc(Br)cc1CNc1cc(C)ccc1C. The van der Waals surface area contributed by atoms with Gasteiger partial charge in [0.1, 0.15) is 5.75 Å². The Bertz CT molecular complexity index is 626. The maximum atomic E-state index is 5.47. The number of halogens is 2. The third-order valence-corrected chi connectivity index (χ3v) is 4.20. The minimum atomic E-state index is 0.714. The Morgan fingerprint density at radius 3 is 2.55 bits per heavy atom. The summed E-state index contributed by atoms with van der Waals surface area (Å²) >= 11 is 7.04. The van der Waals surface area contributed by atoms with Crippen LogP contribution < -0.4 is 10.1 Å². The zero-order chi connectivity index (χ0) is 14.7. The maximum absolute atomic E-state index is 5.47. The summed E-state index contributed by atoms with van der Waals surface area (Å²) in [5.41, 5.74) is 4.75. The zero-order valence-corrected chi connectivity index (χ0v) is 14.9. The minimum Gasteiger partial charge on any atom is -0.495 e. The summed E-state index contributed by atoms with van der Waals surface area (Å²) in [7, 11) is 1.69. The van der Waals surface area contributed by atoms with Crippen LogP contribution in [0.5, 0.6) is 5.75 Å². The highest BCUT2D eigenvalue weighted by atomic mass is 79.9. The topological polar surface area (TPSA) is 21.3 Å². The third kappa shape index (κ3) is 3.55. The lowest BCUT2D eigenvalue weighted by Gasteiger charge is -2.14. The Balaban J connectivity index is 2.24. The van der Waals surface area contributed by atoms with Crippen LogP contribution in [0.4, 0.5) is 5.69 Å². The lowest BCUT2D eigenvalue weighted by molar-refractivity contribution is 0.407. The molecule has 0 unspecified atom stereocenters. The van der Waals surface area contributed by atoms with Crippen LogP contribution >= 0.6 is 31.9 Å². The van der Waals surface area contributed by atoms with E-state index in [1.165, 1.54) is 11.1 Å². The van der Waals surface area contributed by atoms with Gasteiger partial charge in [-0.2, -0.15) is 0 Å². The van der Waals surface area contributed by atoms with Crippen LogP contribution in [0.3, 0.4) is 0 Å². The Kier molecular flexibility index (Phi) is 5.11. The number of benzene rings is 2. The quantitative estimate of drug-likeness (QED) is 0.739. The van der Waals surface area contributed by atoms with Gasteiger partial charge in [0.15, 0.2) is 0 Å². The van der Waals surface area contributed by atoms with Crippen molar-refractivity contribution in [3.05, 3.63) is 56.0 Å². The Hall–Kier alpha value is -1.00. The van der Waals surface area contributed by atoms with Gasteiger partial charge in [-0.3, -0.25) is 0 Å². The predicted octanol–water partition coefficient (Wildman–Crippen LogP) is 5.45. The van der Waals surface area contributed by atoms with Gasteiger partial charge in [0, 0.05) is 22.3 Å². The molecule has 4 heteroatoms. The molecule has 1 N–H and O–H groups in total. The molecule has 20 heavy (non-hydrogen) atoms. The standard InChI is InChI=1S/C16H17Br2NO/c1-10-4-5-11(2)15(6-10)19-9-12-7-13(17)8-14(18)16(12)20-3/h4-8,19H,9H2,1-3H3. The first-order valence-corrected chi connectivity index (χ1v) is 7.93. The fourth-order valence-electron chi connectivity index (χ4n) is 2.09. The Morgan fingerprint density at radius 1 is 1.10 bits per heavy atom. The first kappa shape index (κ1) is 15.4. The molecule has 0 saturated heterocycles. The number of ether oxygens (including phenoxy) is 1. The average molecular weight is 399 g/mol. The molecule has 0 atom stereocenters. The van der Waals surface area contributed by atoms with Crippen molar-refractivity contribution in [3.8, 4) is 5.75 Å². The largest absolute Gasteiger partial charge is 0.495 e. The highest BCUT2D eigenvalue weighted by Crippen LogP contribution is 2.33. The second-order valence-corrected chi connectivity index (χ2v) is 6.52. The Labute approximate surface area is 136 Å². The van der Waals surface area contributed by atoms with Crippen molar-refractivity contribution in [1.29, 1.82) is 0 Å². The summed E-state index contributed by atoms with van der Waals surface area (Å²) in [6.45, 7) is 4.92. The van der Waals surface area contributed by atoms with Crippen molar-refractivity contribution in [3.63, 3.8) is 0 Å². The lowest BCUT2D eigenvalue weighted by atomic mass is 10.1. The molecule has 2 rings (SSSR count). The minimum absolute atomic E-state index is 0.714. The van der Waals surface area contributed by atoms with Gasteiger partial charge in [-0.1, -0.05) is 28.1 Å². The summed E-state index contributed by atoms with van der Waals surface area (Å²) in [6, 6.07) is 10.5. The second-order valence-electron chi connectivity index (χ2n) is 4.75. The highest BCUT2D eigenvalue weighted by molar-refractivity contribution is 9.11. The van der Waals surface area contributed by atoms with E-state index in [1.54, 1.807) is 7.11 Å². The summed E-state index contributed by atoms with van der Waals surface area (Å²) in [5.74, 6) is 0.867. The van der Waals surface area contributed by atoms with Gasteiger partial charge in [0.05, 0.1) is 11.6 Å². The molecule has 0 heterocycles. The number of anilines is 1. The maximum Gasteiger partial charge on any atom is 0.138 e. The van der Waals surface area contributed by atoms with Gasteiger partial charge < -0.3 is 10.1 Å². The number of nitrogens with one attached hydrogen (secondary N) is 1. The zero-order valence-electron chi connectivity index (χ0n) is 11.8. The number of aryl methyl sites for hydroxylation is 2. The van der Waals surface area contributed by atoms with Crippen LogP contribution in [0.1, 0.15) is 16.7 Å². The molecule has 0 saturated carbocycles. The summed E-state index contributed by atoms with van der Waals surface area (Å²) in [4.78, 5) is 0. The molecule has 0 amide bonds. The van der Waals surface area contributed by atoms with E-state index < -0.39 is 0 Å². The van der Waals surface area contributed by atoms with Crippen molar-refractivity contribution in [2.45, 2.75) is 20.4 Å². The number of hydrogen-bond acceptors (Lipinski definition) is 2. The second kappa shape index (κ2) is 6.64. The molecular weight excluding hydrogens is 382 g/mol. The van der Waals surface area contributed by atoms with E-state index >= 15 is 0 Å². The van der Waals surface area contributed by atoms with Crippen molar-refractivity contribution >= 4 is 37.5 Å². The van der Waals surface area contributed by atoms with Crippen molar-refractivity contribution in [2.24, 2.45) is 0 Å². The van der Waals surface area contributed by atoms with Crippen LogP contribution in [0.25, 0.3) is 0 Å². The van der Waals surface area contributed by atoms with E-state index in [2.05, 4.69) is 75.3 Å². The van der Waals surface area contributed by atoms with Crippen LogP contribution in [0, 0.1) is 13.8 Å². The summed E-state index contributed by atoms with van der Waals surface area (Å²) in [6.07, 6.45) is 0. The van der Waals surface area contributed by atoms with Gasteiger partial charge in [-0.25, -0.2) is 0 Å². The van der Waals surface area contributed by atoms with Gasteiger partial charge in [0.25, 0.3) is 0 Å². The van der Waals surface area contributed by atoms with Crippen molar-refractivity contribution < 1.29 is 4.74 Å². The van der Waals surface area contributed by atoms with Crippen LogP contribution in [0.15, 0.2) is 39.3 Å². The van der Waals surface area contributed by atoms with Gasteiger partial charge in [-0.15, -0.1) is 0 Å². The van der Waals surface area contributed by atoms with E-state index in [-0.39, 0.29) is 0 Å². The van der Waals surface area contributed by atoms with Crippen molar-refractivity contribution in [2.75, 3.05) is 12.4 Å². The first-order valence-electron chi connectivity index (χ1n) is 6.34. The molecule has 0 aromatic heterocycles. The summed E-state index contributed by atoms with van der Waals surface area (Å²) in [5, 5.41) is 3.48. The van der Waals surface area contributed by atoms with E-state index in [4.69, 9.17) is 4.74 Å². The molecule has 0 bridgehead atoms. The van der Waals surface area contributed by atoms with E-state index in [0.717, 1.165) is 25.9 Å². The molecule has 0 spiro atoms. The molecular formula is C16H17Br2NO. The average Bonchev–Trinajstić information content (AvgIpc) is 2.39. The highest BCUT2D eigenvalue weighted by Gasteiger charge is 2.09. The van der Waals surface area contributed by atoms with Crippen LogP contribution in [0.2, 0.25) is 0 Å². The van der Waals surface area contributed by atoms with Gasteiger partial charge >= 0.3 is 0 Å². The van der Waals surface area contributed by atoms with Gasteiger partial charge in [-0.05, 0) is 59.1 Å². The molecule has 106 valence electrons. The van der Waals surface area contributed by atoms with Crippen molar-refractivity contribution in [1.82, 2.24) is 0 Å². The predicted molar refractivity (Wildman–Crippen MR) is 91.6 cm³/mol. The number of methoxy groups -OCH3 is 1. The van der Waals surface area contributed by atoms with Crippen LogP contribution in [-0.2, 0) is 6.54 Å². The molecule has 2 aromatic rings. The molecule has 2 aromatic carbocycles. The number of hydrogen-bond donors (Lipinski definition) is 1. The first-order chi connectivity index (χ1) is 9.51. The number of rotatable bonds is 4. The smallest absolute Gasteiger partial charge is 0.138 e. The molecule has 0 aliphatic rings. The van der Waals surface area contributed by atoms with E-state index in [1.807, 2.05) is 6.07 Å². The van der Waals surface area contributed by atoms with Crippen LogP contribution in [-0.4, -0.2) is 7.11 Å². The summed E-state index contributed by atoms with van der Waals surface area (Å²) < 4.78 is 7.45. The molecule has 0 radical (unpaired) electrons. The molecule has 0 aliphatic heterocycles. The molecule has 0 aliphatic carbocycles. The fourth-order valence-corrected chi connectivity index (χ4v) is 3.57. The fraction of sp³-hybridized carbons (Fsp3) is 0.250. The lowest BCUT2D eigenvalue weighted by Crippen LogP contribution is -2.04. The third-order valence-electron chi connectivity index (χ3n) is 3.15. The van der Waals surface area contributed by atoms with Gasteiger partial charge in [0.2, 0.25) is 0 Å². The monoisotopic (exact) mass is 397 g/mol. The van der Waals surface area contributed by atoms with E-state index in [9.17, 15) is 0 Å². The normalized spacial score (nSPS) is 10.4. The molecule has 0 fully saturated rings.